The molecule has 0 aliphatic rings. The topological polar surface area (TPSA) is 26.0 Å². The predicted octanol–water partition coefficient (Wildman–Crippen LogP) is 4.47. The molecular formula is C18H23N. The molecule has 0 spiro atoms. The Labute approximate surface area is 116 Å². The third kappa shape index (κ3) is 3.05. The molecule has 0 aliphatic carbocycles. The van der Waals surface area contributed by atoms with E-state index in [4.69, 9.17) is 5.73 Å². The molecule has 0 fully saturated rings. The van der Waals surface area contributed by atoms with Crippen molar-refractivity contribution in [2.45, 2.75) is 39.7 Å². The first-order valence-corrected chi connectivity index (χ1v) is 6.91. The summed E-state index contributed by atoms with van der Waals surface area (Å²) in [5.41, 5.74) is 12.7. The minimum atomic E-state index is -0.0400. The zero-order chi connectivity index (χ0) is 14.0. The molecule has 1 nitrogen and oxygen atoms in total. The molecule has 0 heterocycles. The second kappa shape index (κ2) is 5.58. The standard InChI is InChI=1S/C18H23N/c1-12(2)15-6-8-16(9-7-15)18(19)17-10-5-13(3)11-14(17)4/h5-12,18H,19H2,1-4H3. The Balaban J connectivity index is 2.30. The molecular weight excluding hydrogens is 230 g/mol. The Hall–Kier alpha value is -1.60. The average molecular weight is 253 g/mol. The normalized spacial score (nSPS) is 12.7. The van der Waals surface area contributed by atoms with E-state index in [2.05, 4.69) is 70.2 Å². The first-order valence-electron chi connectivity index (χ1n) is 6.91. The number of rotatable bonds is 3. The van der Waals surface area contributed by atoms with Crippen LogP contribution in [0.3, 0.4) is 0 Å². The lowest BCUT2D eigenvalue weighted by molar-refractivity contribution is 0.842. The van der Waals surface area contributed by atoms with Gasteiger partial charge < -0.3 is 5.73 Å². The molecule has 0 aromatic heterocycles. The van der Waals surface area contributed by atoms with Crippen LogP contribution in [0.5, 0.6) is 0 Å². The van der Waals surface area contributed by atoms with Gasteiger partial charge in [0.25, 0.3) is 0 Å². The highest BCUT2D eigenvalue weighted by Crippen LogP contribution is 2.25. The van der Waals surface area contributed by atoms with Crippen molar-refractivity contribution < 1.29 is 0 Å². The van der Waals surface area contributed by atoms with Gasteiger partial charge in [0.15, 0.2) is 0 Å². The summed E-state index contributed by atoms with van der Waals surface area (Å²) in [6, 6.07) is 15.1. The number of benzene rings is 2. The molecule has 19 heavy (non-hydrogen) atoms. The summed E-state index contributed by atoms with van der Waals surface area (Å²) in [6.07, 6.45) is 0. The van der Waals surface area contributed by atoms with Crippen LogP contribution >= 0.6 is 0 Å². The molecule has 100 valence electrons. The van der Waals surface area contributed by atoms with Gasteiger partial charge in [0.1, 0.15) is 0 Å². The first-order chi connectivity index (χ1) is 8.99. The maximum absolute atomic E-state index is 6.39. The molecule has 1 atom stereocenters. The van der Waals surface area contributed by atoms with E-state index in [0.29, 0.717) is 5.92 Å². The van der Waals surface area contributed by atoms with Crippen molar-refractivity contribution in [2.75, 3.05) is 0 Å². The third-order valence-electron chi connectivity index (χ3n) is 3.72. The number of hydrogen-bond donors (Lipinski definition) is 1. The van der Waals surface area contributed by atoms with Crippen molar-refractivity contribution >= 4 is 0 Å². The summed E-state index contributed by atoms with van der Waals surface area (Å²) in [4.78, 5) is 0. The Morgan fingerprint density at radius 3 is 1.95 bits per heavy atom. The van der Waals surface area contributed by atoms with E-state index in [9.17, 15) is 0 Å². The highest BCUT2D eigenvalue weighted by atomic mass is 14.6. The highest BCUT2D eigenvalue weighted by Gasteiger charge is 2.11. The molecule has 0 saturated carbocycles. The van der Waals surface area contributed by atoms with Crippen LogP contribution in [0, 0.1) is 13.8 Å². The molecule has 2 rings (SSSR count). The van der Waals surface area contributed by atoms with E-state index in [-0.39, 0.29) is 6.04 Å². The molecule has 2 aromatic rings. The van der Waals surface area contributed by atoms with E-state index in [1.54, 1.807) is 0 Å². The summed E-state index contributed by atoms with van der Waals surface area (Å²) in [6.45, 7) is 8.66. The highest BCUT2D eigenvalue weighted by molar-refractivity contribution is 5.39. The average Bonchev–Trinajstić information content (AvgIpc) is 2.38. The molecule has 0 radical (unpaired) electrons. The molecule has 0 amide bonds. The monoisotopic (exact) mass is 253 g/mol. The molecule has 0 aliphatic heterocycles. The number of hydrogen-bond acceptors (Lipinski definition) is 1. The van der Waals surface area contributed by atoms with Gasteiger partial charge in [0.2, 0.25) is 0 Å². The third-order valence-corrected chi connectivity index (χ3v) is 3.72. The van der Waals surface area contributed by atoms with Crippen LogP contribution in [0.2, 0.25) is 0 Å². The molecule has 1 heteroatoms. The van der Waals surface area contributed by atoms with Crippen molar-refractivity contribution in [3.05, 3.63) is 70.3 Å². The van der Waals surface area contributed by atoms with Gasteiger partial charge in [-0.05, 0) is 42.0 Å². The van der Waals surface area contributed by atoms with Gasteiger partial charge >= 0.3 is 0 Å². The SMILES string of the molecule is Cc1ccc(C(N)c2ccc(C(C)C)cc2)c(C)c1. The first kappa shape index (κ1) is 13.8. The van der Waals surface area contributed by atoms with Gasteiger partial charge in [-0.1, -0.05) is 61.9 Å². The van der Waals surface area contributed by atoms with E-state index in [0.717, 1.165) is 0 Å². The van der Waals surface area contributed by atoms with Gasteiger partial charge in [0.05, 0.1) is 6.04 Å². The van der Waals surface area contributed by atoms with Crippen LogP contribution in [-0.2, 0) is 0 Å². The lowest BCUT2D eigenvalue weighted by Gasteiger charge is -2.17. The Morgan fingerprint density at radius 2 is 1.42 bits per heavy atom. The molecule has 2 N–H and O–H groups in total. The van der Waals surface area contributed by atoms with Gasteiger partial charge in [0, 0.05) is 0 Å². The quantitative estimate of drug-likeness (QED) is 0.857. The van der Waals surface area contributed by atoms with Crippen molar-refractivity contribution in [2.24, 2.45) is 5.73 Å². The van der Waals surface area contributed by atoms with Crippen LogP contribution < -0.4 is 5.73 Å². The lowest BCUT2D eigenvalue weighted by atomic mass is 9.93. The summed E-state index contributed by atoms with van der Waals surface area (Å²) in [5, 5.41) is 0. The molecule has 0 saturated heterocycles. The number of nitrogens with two attached hydrogens (primary N) is 1. The van der Waals surface area contributed by atoms with Crippen molar-refractivity contribution in [1.29, 1.82) is 0 Å². The molecule has 0 bridgehead atoms. The fourth-order valence-corrected chi connectivity index (χ4v) is 2.44. The summed E-state index contributed by atoms with van der Waals surface area (Å²) >= 11 is 0. The van der Waals surface area contributed by atoms with Crippen molar-refractivity contribution in [3.63, 3.8) is 0 Å². The maximum atomic E-state index is 6.39. The lowest BCUT2D eigenvalue weighted by Crippen LogP contribution is -2.13. The second-order valence-electron chi connectivity index (χ2n) is 5.66. The summed E-state index contributed by atoms with van der Waals surface area (Å²) < 4.78 is 0. The minimum Gasteiger partial charge on any atom is -0.320 e. The zero-order valence-corrected chi connectivity index (χ0v) is 12.3. The fraction of sp³-hybridized carbons (Fsp3) is 0.333. The number of aryl methyl sites for hydroxylation is 2. The van der Waals surface area contributed by atoms with Crippen LogP contribution in [0.25, 0.3) is 0 Å². The van der Waals surface area contributed by atoms with Crippen LogP contribution in [0.1, 0.15) is 53.6 Å². The van der Waals surface area contributed by atoms with Crippen LogP contribution in [0.15, 0.2) is 42.5 Å². The van der Waals surface area contributed by atoms with E-state index in [1.165, 1.54) is 27.8 Å². The van der Waals surface area contributed by atoms with Gasteiger partial charge in [-0.3, -0.25) is 0 Å². The zero-order valence-electron chi connectivity index (χ0n) is 12.3. The van der Waals surface area contributed by atoms with Crippen molar-refractivity contribution in [1.82, 2.24) is 0 Å². The van der Waals surface area contributed by atoms with E-state index < -0.39 is 0 Å². The van der Waals surface area contributed by atoms with Crippen LogP contribution in [0.4, 0.5) is 0 Å². The Bertz CT molecular complexity index is 552. The second-order valence-corrected chi connectivity index (χ2v) is 5.66. The summed E-state index contributed by atoms with van der Waals surface area (Å²) in [5.74, 6) is 0.561. The molecule has 1 unspecified atom stereocenters. The Morgan fingerprint density at radius 1 is 0.842 bits per heavy atom. The Kier molecular flexibility index (Phi) is 4.06. The maximum Gasteiger partial charge on any atom is 0.0554 e. The van der Waals surface area contributed by atoms with Gasteiger partial charge in [-0.25, -0.2) is 0 Å². The largest absolute Gasteiger partial charge is 0.320 e. The van der Waals surface area contributed by atoms with E-state index in [1.807, 2.05) is 0 Å². The smallest absolute Gasteiger partial charge is 0.0554 e. The van der Waals surface area contributed by atoms with Gasteiger partial charge in [-0.2, -0.15) is 0 Å². The fourth-order valence-electron chi connectivity index (χ4n) is 2.44. The molecule has 2 aromatic carbocycles. The van der Waals surface area contributed by atoms with E-state index >= 15 is 0 Å². The minimum absolute atomic E-state index is 0.0400. The van der Waals surface area contributed by atoms with Gasteiger partial charge in [-0.15, -0.1) is 0 Å². The van der Waals surface area contributed by atoms with Crippen molar-refractivity contribution in [3.8, 4) is 0 Å². The predicted molar refractivity (Wildman–Crippen MR) is 82.5 cm³/mol. The summed E-state index contributed by atoms with van der Waals surface area (Å²) in [7, 11) is 0. The van der Waals surface area contributed by atoms with Crippen LogP contribution in [-0.4, -0.2) is 0 Å².